The van der Waals surface area contributed by atoms with Crippen LogP contribution < -0.4 is 33.3 Å². The monoisotopic (exact) mass is 589 g/mol. The summed E-state index contributed by atoms with van der Waals surface area (Å²) in [5.74, 6) is 0.512. The number of imide groups is 1. The second kappa shape index (κ2) is 11.5. The number of ether oxygens (including phenoxy) is 6. The van der Waals surface area contributed by atoms with Crippen molar-refractivity contribution in [3.63, 3.8) is 0 Å². The molecule has 0 unspecified atom stereocenters. The molecule has 0 N–H and O–H groups in total. The van der Waals surface area contributed by atoms with Crippen LogP contribution in [0.3, 0.4) is 0 Å². The van der Waals surface area contributed by atoms with Crippen molar-refractivity contribution in [1.29, 1.82) is 0 Å². The zero-order valence-corrected chi connectivity index (χ0v) is 24.5. The normalized spacial score (nSPS) is 12.2. The Balaban J connectivity index is 1.74. The van der Waals surface area contributed by atoms with Crippen molar-refractivity contribution < 1.29 is 42.8 Å². The van der Waals surface area contributed by atoms with Gasteiger partial charge < -0.3 is 28.4 Å². The molecule has 2 amide bonds. The molecule has 0 atom stereocenters. The molecule has 10 nitrogen and oxygen atoms in total. The molecule has 0 saturated heterocycles. The first-order valence-electron chi connectivity index (χ1n) is 12.6. The molecule has 0 aliphatic carbocycles. The molecule has 42 heavy (non-hydrogen) atoms. The number of rotatable bonds is 10. The smallest absolute Gasteiger partial charge is 0.266 e. The highest BCUT2D eigenvalue weighted by Crippen LogP contribution is 2.49. The van der Waals surface area contributed by atoms with Crippen LogP contribution in [0.4, 0.5) is 5.00 Å². The average Bonchev–Trinajstić information content (AvgIpc) is 3.57. The fourth-order valence-corrected chi connectivity index (χ4v) is 6.05. The van der Waals surface area contributed by atoms with Crippen molar-refractivity contribution in [2.75, 3.05) is 47.6 Å². The van der Waals surface area contributed by atoms with Crippen LogP contribution in [0.2, 0.25) is 0 Å². The summed E-state index contributed by atoms with van der Waals surface area (Å²) < 4.78 is 33.0. The third-order valence-corrected chi connectivity index (χ3v) is 8.00. The van der Waals surface area contributed by atoms with Crippen LogP contribution in [0.5, 0.6) is 34.5 Å². The van der Waals surface area contributed by atoms with Crippen molar-refractivity contribution in [2.45, 2.75) is 0 Å². The fourth-order valence-electron chi connectivity index (χ4n) is 4.88. The minimum absolute atomic E-state index is 0.121. The van der Waals surface area contributed by atoms with Crippen LogP contribution in [-0.4, -0.2) is 60.3 Å². The minimum Gasteiger partial charge on any atom is -0.493 e. The topological polar surface area (TPSA) is 110 Å². The van der Waals surface area contributed by atoms with Gasteiger partial charge in [0.15, 0.2) is 28.8 Å². The Hall–Kier alpha value is -5.03. The predicted octanol–water partition coefficient (Wildman–Crippen LogP) is 5.50. The SMILES string of the molecule is COc1cc(C(=O)c2cc(-c3ccc(OC)c(OC)c3OC)sc2N2C(=O)c3ccccc3C2=O)cc(OC)c1OC. The summed E-state index contributed by atoms with van der Waals surface area (Å²) >= 11 is 1.10. The van der Waals surface area contributed by atoms with E-state index in [0.717, 1.165) is 16.2 Å². The molecule has 0 fully saturated rings. The standard InChI is InChI=1S/C31H27NO9S/c1-36-21-12-11-19(26(39-4)28(21)41-6)24-15-20(25(33)16-13-22(37-2)27(40-5)23(14-16)38-3)31(42-24)32-29(34)17-9-7-8-10-18(17)30(32)35/h7-15H,1-6H3. The summed E-state index contributed by atoms with van der Waals surface area (Å²) in [7, 11) is 8.84. The molecule has 0 saturated carbocycles. The van der Waals surface area contributed by atoms with Gasteiger partial charge in [0.25, 0.3) is 11.8 Å². The largest absolute Gasteiger partial charge is 0.493 e. The number of methoxy groups -OCH3 is 6. The van der Waals surface area contributed by atoms with E-state index in [4.69, 9.17) is 28.4 Å². The lowest BCUT2D eigenvalue weighted by Crippen LogP contribution is -2.29. The second-order valence-electron chi connectivity index (χ2n) is 8.95. The number of nitrogens with zero attached hydrogens (tertiary/aromatic N) is 1. The lowest BCUT2D eigenvalue weighted by Gasteiger charge is -2.16. The number of hydrogen-bond donors (Lipinski definition) is 0. The molecule has 5 rings (SSSR count). The van der Waals surface area contributed by atoms with Gasteiger partial charge in [0.2, 0.25) is 11.5 Å². The van der Waals surface area contributed by atoms with E-state index in [9.17, 15) is 14.4 Å². The molecule has 1 aliphatic rings. The van der Waals surface area contributed by atoms with Crippen LogP contribution in [0, 0.1) is 0 Å². The van der Waals surface area contributed by atoms with E-state index < -0.39 is 17.6 Å². The van der Waals surface area contributed by atoms with E-state index in [2.05, 4.69) is 0 Å². The number of carbonyl (C=O) groups is 3. The van der Waals surface area contributed by atoms with Gasteiger partial charge >= 0.3 is 0 Å². The van der Waals surface area contributed by atoms with Gasteiger partial charge in [0.05, 0.1) is 59.3 Å². The Morgan fingerprint density at radius 1 is 0.619 bits per heavy atom. The molecule has 4 aromatic rings. The highest BCUT2D eigenvalue weighted by Gasteiger charge is 2.40. The number of thiophene rings is 1. The second-order valence-corrected chi connectivity index (χ2v) is 9.98. The Morgan fingerprint density at radius 3 is 1.67 bits per heavy atom. The van der Waals surface area contributed by atoms with Crippen molar-refractivity contribution in [3.05, 3.63) is 76.9 Å². The highest BCUT2D eigenvalue weighted by atomic mass is 32.1. The average molecular weight is 590 g/mol. The first-order chi connectivity index (χ1) is 20.3. The summed E-state index contributed by atoms with van der Waals surface area (Å²) in [6.45, 7) is 0. The summed E-state index contributed by atoms with van der Waals surface area (Å²) in [5, 5.41) is 0.159. The predicted molar refractivity (Wildman–Crippen MR) is 157 cm³/mol. The third-order valence-electron chi connectivity index (χ3n) is 6.85. The first kappa shape index (κ1) is 28.5. The van der Waals surface area contributed by atoms with Crippen molar-refractivity contribution in [3.8, 4) is 44.9 Å². The summed E-state index contributed by atoms with van der Waals surface area (Å²) in [6.07, 6.45) is 0. The molecule has 0 spiro atoms. The molecule has 2 heterocycles. The lowest BCUT2D eigenvalue weighted by atomic mass is 10.0. The van der Waals surface area contributed by atoms with Crippen LogP contribution in [0.15, 0.2) is 54.6 Å². The van der Waals surface area contributed by atoms with Gasteiger partial charge in [-0.25, -0.2) is 4.90 Å². The molecule has 216 valence electrons. The molecule has 0 bridgehead atoms. The first-order valence-corrected chi connectivity index (χ1v) is 13.4. The van der Waals surface area contributed by atoms with Gasteiger partial charge in [0.1, 0.15) is 5.00 Å². The maximum atomic E-state index is 14.2. The highest BCUT2D eigenvalue weighted by molar-refractivity contribution is 7.20. The van der Waals surface area contributed by atoms with Crippen molar-refractivity contribution >= 4 is 33.9 Å². The molecular weight excluding hydrogens is 562 g/mol. The molecule has 3 aromatic carbocycles. The maximum absolute atomic E-state index is 14.2. The summed E-state index contributed by atoms with van der Waals surface area (Å²) in [4.78, 5) is 42.9. The van der Waals surface area contributed by atoms with Gasteiger partial charge in [-0.05, 0) is 42.5 Å². The van der Waals surface area contributed by atoms with Gasteiger partial charge in [-0.2, -0.15) is 0 Å². The zero-order valence-electron chi connectivity index (χ0n) is 23.7. The van der Waals surface area contributed by atoms with Crippen LogP contribution in [0.25, 0.3) is 10.4 Å². The van der Waals surface area contributed by atoms with Crippen LogP contribution in [-0.2, 0) is 0 Å². The summed E-state index contributed by atoms with van der Waals surface area (Å²) in [6, 6.07) is 14.7. The van der Waals surface area contributed by atoms with Crippen molar-refractivity contribution in [1.82, 2.24) is 0 Å². The number of amides is 2. The van der Waals surface area contributed by atoms with Gasteiger partial charge in [-0.15, -0.1) is 11.3 Å². The zero-order chi connectivity index (χ0) is 30.1. The Bertz CT molecular complexity index is 1670. The van der Waals surface area contributed by atoms with Gasteiger partial charge in [-0.3, -0.25) is 14.4 Å². The number of fused-ring (bicyclic) bond motifs is 1. The molecule has 11 heteroatoms. The maximum Gasteiger partial charge on any atom is 0.266 e. The number of carbonyl (C=O) groups excluding carboxylic acids is 3. The number of anilines is 1. The van der Waals surface area contributed by atoms with Crippen molar-refractivity contribution in [2.24, 2.45) is 0 Å². The number of ketones is 1. The molecular formula is C31H27NO9S. The number of benzene rings is 3. The van der Waals surface area contributed by atoms with Crippen LogP contribution >= 0.6 is 11.3 Å². The Labute approximate surface area is 245 Å². The summed E-state index contributed by atoms with van der Waals surface area (Å²) in [5.41, 5.74) is 1.41. The Kier molecular flexibility index (Phi) is 7.77. The van der Waals surface area contributed by atoms with E-state index >= 15 is 0 Å². The van der Waals surface area contributed by atoms with Crippen LogP contribution in [0.1, 0.15) is 36.6 Å². The minimum atomic E-state index is -0.526. The van der Waals surface area contributed by atoms with Gasteiger partial charge in [0, 0.05) is 16.0 Å². The van der Waals surface area contributed by atoms with E-state index in [1.54, 1.807) is 42.5 Å². The van der Waals surface area contributed by atoms with E-state index in [1.807, 2.05) is 0 Å². The van der Waals surface area contributed by atoms with E-state index in [1.165, 1.54) is 54.8 Å². The Morgan fingerprint density at radius 2 is 1.17 bits per heavy atom. The lowest BCUT2D eigenvalue weighted by molar-refractivity contribution is 0.0927. The fraction of sp³-hybridized carbons (Fsp3) is 0.194. The third kappa shape index (κ3) is 4.47. The number of hydrogen-bond acceptors (Lipinski definition) is 10. The molecule has 1 aromatic heterocycles. The molecule has 0 radical (unpaired) electrons. The molecule has 1 aliphatic heterocycles. The quantitative estimate of drug-likeness (QED) is 0.175. The van der Waals surface area contributed by atoms with E-state index in [-0.39, 0.29) is 38.8 Å². The van der Waals surface area contributed by atoms with Gasteiger partial charge in [-0.1, -0.05) is 12.1 Å². The van der Waals surface area contributed by atoms with E-state index in [0.29, 0.717) is 33.4 Å².